The molecule has 1 aromatic heterocycles. The zero-order valence-electron chi connectivity index (χ0n) is 40.9. The molecule has 15 unspecified atom stereocenters. The summed E-state index contributed by atoms with van der Waals surface area (Å²) in [5.41, 5.74) is -0.525. The molecule has 6 aliphatic rings. The van der Waals surface area contributed by atoms with Crippen molar-refractivity contribution < 1.29 is 52.9 Å². The van der Waals surface area contributed by atoms with Crippen LogP contribution < -0.4 is 0 Å². The highest BCUT2D eigenvalue weighted by Gasteiger charge is 2.63. The Bertz CT molecular complexity index is 1470. The van der Waals surface area contributed by atoms with Crippen molar-refractivity contribution >= 4 is 27.6 Å². The first-order chi connectivity index (χ1) is 30.3. The molecule has 0 radical (unpaired) electrons. The van der Waals surface area contributed by atoms with Gasteiger partial charge in [0.25, 0.3) is 0 Å². The fourth-order valence-electron chi connectivity index (χ4n) is 11.1. The molecule has 14 heteroatoms. The molecule has 7 heterocycles. The van der Waals surface area contributed by atoms with Gasteiger partial charge in [0.05, 0.1) is 67.0 Å². The standard InChI is InChI=1S/C44H69NO10S2.2C2H6.CH4O.CH4/c1-25-12-13-31(50-34(25)23-39(46)49-17-18-56-57-38-11-9-10-16-45-38)21-32-22-35(48-8)30(6)44(54-32)29(5)24-43(7,55-44)37-15-14-33(51-37)40-27(3)20-36(52-40)41-26(2)19-28(4)42(47)53-41;3*1-2;/h9-11,16,25-37,40-42,47H,12-15,17-24H2,1-8H3;2*1-2H3;2H,1H3;1H4/t25?,26?,27?,28?,29-,30-,31?,32?,33?,34?,35?,36?,37?,40?,41?,42?,43-,44?;;;;/m1..../s1. The number of carbonyl (C=O) groups excluding carboxylic acids is 1. The van der Waals surface area contributed by atoms with Gasteiger partial charge in [0.2, 0.25) is 0 Å². The molecule has 0 aromatic carbocycles. The average molecular weight is 944 g/mol. The molecule has 2 N–H and O–H groups in total. The first-order valence-corrected chi connectivity index (χ1v) is 26.6. The van der Waals surface area contributed by atoms with Crippen LogP contribution in [0.1, 0.15) is 148 Å². The highest BCUT2D eigenvalue weighted by Crippen LogP contribution is 2.55. The molecule has 7 rings (SSSR count). The van der Waals surface area contributed by atoms with Gasteiger partial charge in [-0.25, -0.2) is 4.98 Å². The van der Waals surface area contributed by atoms with Crippen LogP contribution in [0.5, 0.6) is 0 Å². The Morgan fingerprint density at radius 2 is 1.55 bits per heavy atom. The summed E-state index contributed by atoms with van der Waals surface area (Å²) in [6.07, 6.45) is 8.61. The largest absolute Gasteiger partial charge is 0.465 e. The highest BCUT2D eigenvalue weighted by molar-refractivity contribution is 8.76. The van der Waals surface area contributed by atoms with E-state index in [2.05, 4.69) is 46.5 Å². The first-order valence-electron chi connectivity index (χ1n) is 24.3. The Kier molecular flexibility index (Phi) is 24.4. The molecule has 6 fully saturated rings. The minimum atomic E-state index is -0.813. The van der Waals surface area contributed by atoms with Gasteiger partial charge in [-0.3, -0.25) is 4.79 Å². The maximum atomic E-state index is 12.9. The van der Waals surface area contributed by atoms with Crippen LogP contribution in [0.3, 0.4) is 0 Å². The lowest BCUT2D eigenvalue weighted by Crippen LogP contribution is -2.58. The molecule has 1 aromatic rings. The molecular weight excluding hydrogens is 855 g/mol. The predicted molar refractivity (Wildman–Crippen MR) is 257 cm³/mol. The number of rotatable bonds is 13. The van der Waals surface area contributed by atoms with Gasteiger partial charge >= 0.3 is 5.97 Å². The van der Waals surface area contributed by atoms with Crippen LogP contribution in [0.2, 0.25) is 0 Å². The van der Waals surface area contributed by atoms with Crippen molar-refractivity contribution in [3.8, 4) is 0 Å². The number of methoxy groups -OCH3 is 1. The molecule has 0 aliphatic carbocycles. The molecule has 0 bridgehead atoms. The summed E-state index contributed by atoms with van der Waals surface area (Å²) in [6.45, 7) is 23.7. The maximum Gasteiger partial charge on any atom is 0.308 e. The molecule has 1 spiro atoms. The Morgan fingerprint density at radius 1 is 0.844 bits per heavy atom. The molecule has 6 saturated heterocycles. The van der Waals surface area contributed by atoms with Crippen LogP contribution in [-0.4, -0.2) is 120 Å². The third-order valence-corrected chi connectivity index (χ3v) is 16.5. The number of aliphatic hydroxyl groups excluding tert-OH is 2. The van der Waals surface area contributed by atoms with E-state index in [0.717, 1.165) is 69.9 Å². The smallest absolute Gasteiger partial charge is 0.308 e. The Labute approximate surface area is 395 Å². The van der Waals surface area contributed by atoms with Crippen molar-refractivity contribution in [1.82, 2.24) is 4.98 Å². The molecule has 6 aliphatic heterocycles. The normalized spacial score (nSPS) is 41.6. The Balaban J connectivity index is 0.00000149. The Morgan fingerprint density at radius 3 is 2.23 bits per heavy atom. The van der Waals surface area contributed by atoms with Crippen LogP contribution >= 0.6 is 21.6 Å². The van der Waals surface area contributed by atoms with Crippen LogP contribution in [0.15, 0.2) is 29.4 Å². The van der Waals surface area contributed by atoms with E-state index in [1.165, 1.54) is 0 Å². The van der Waals surface area contributed by atoms with Crippen LogP contribution in [0.4, 0.5) is 0 Å². The van der Waals surface area contributed by atoms with E-state index >= 15 is 0 Å². The van der Waals surface area contributed by atoms with Gasteiger partial charge in [0, 0.05) is 56.8 Å². The lowest BCUT2D eigenvalue weighted by atomic mass is 9.78. The van der Waals surface area contributed by atoms with E-state index in [1.807, 2.05) is 52.8 Å². The second-order valence-corrected chi connectivity index (χ2v) is 21.1. The van der Waals surface area contributed by atoms with Crippen molar-refractivity contribution in [2.24, 2.45) is 35.5 Å². The van der Waals surface area contributed by atoms with Gasteiger partial charge in [0.15, 0.2) is 12.1 Å². The fraction of sp³-hybridized carbons (Fsp3) is 0.880. The van der Waals surface area contributed by atoms with Gasteiger partial charge in [-0.2, -0.15) is 0 Å². The molecule has 18 atom stereocenters. The first kappa shape index (κ1) is 57.3. The summed E-state index contributed by atoms with van der Waals surface area (Å²) in [4.78, 5) is 17.2. The number of hydrogen-bond donors (Lipinski definition) is 2. The summed E-state index contributed by atoms with van der Waals surface area (Å²) in [5.74, 6) is 0.892. The molecule has 64 heavy (non-hydrogen) atoms. The topological polar surface area (TPSA) is 144 Å². The zero-order chi connectivity index (χ0) is 46.5. The van der Waals surface area contributed by atoms with Crippen LogP contribution in [0, 0.1) is 35.5 Å². The lowest BCUT2D eigenvalue weighted by molar-refractivity contribution is -0.351. The SMILES string of the molecule is C.CC.CC.CO.COC1CC(CC2CCC(C)C(CC(=O)OCCSSc3ccccn3)O2)OC2(O[C@@](C)(C3CCC(C4OC(C5OC(O)C(C)CC5C)CC4C)O3)C[C@H]2C)[C@@H]1C. The number of carbonyl (C=O) groups is 1. The Hall–Kier alpha value is -1.04. The summed E-state index contributed by atoms with van der Waals surface area (Å²) in [7, 11) is 6.02. The minimum Gasteiger partial charge on any atom is -0.465 e. The highest BCUT2D eigenvalue weighted by atomic mass is 33.1. The van der Waals surface area contributed by atoms with Crippen molar-refractivity contribution in [2.45, 2.75) is 225 Å². The second kappa shape index (κ2) is 27.2. The fourth-order valence-corrected chi connectivity index (χ4v) is 12.8. The van der Waals surface area contributed by atoms with E-state index in [0.29, 0.717) is 24.2 Å². The summed E-state index contributed by atoms with van der Waals surface area (Å²) < 4.78 is 52.6. The second-order valence-electron chi connectivity index (χ2n) is 18.6. The van der Waals surface area contributed by atoms with E-state index in [4.69, 9.17) is 43.0 Å². The molecule has 0 amide bonds. The third-order valence-electron chi connectivity index (χ3n) is 14.2. The molecular formula is C50H89NO11S2. The number of esters is 1. The van der Waals surface area contributed by atoms with Gasteiger partial charge in [-0.15, -0.1) is 0 Å². The number of pyridine rings is 1. The average Bonchev–Trinajstić information content (AvgIpc) is 4.00. The molecule has 12 nitrogen and oxygen atoms in total. The number of ether oxygens (including phenoxy) is 8. The van der Waals surface area contributed by atoms with E-state index in [9.17, 15) is 9.90 Å². The quantitative estimate of drug-likeness (QED) is 0.110. The van der Waals surface area contributed by atoms with Gasteiger partial charge < -0.3 is 48.1 Å². The number of aromatic nitrogens is 1. The van der Waals surface area contributed by atoms with Gasteiger partial charge in [-0.05, 0) is 92.5 Å². The lowest BCUT2D eigenvalue weighted by Gasteiger charge is -2.50. The number of hydrogen-bond acceptors (Lipinski definition) is 14. The van der Waals surface area contributed by atoms with Crippen molar-refractivity contribution in [1.29, 1.82) is 0 Å². The van der Waals surface area contributed by atoms with Crippen LogP contribution in [0.25, 0.3) is 0 Å². The monoisotopic (exact) mass is 944 g/mol. The summed E-state index contributed by atoms with van der Waals surface area (Å²) >= 11 is 0. The van der Waals surface area contributed by atoms with E-state index < -0.39 is 17.7 Å². The van der Waals surface area contributed by atoms with Gasteiger partial charge in [-0.1, -0.05) is 93.5 Å². The molecule has 372 valence electrons. The van der Waals surface area contributed by atoms with Crippen molar-refractivity contribution in [3.63, 3.8) is 0 Å². The maximum absolute atomic E-state index is 12.9. The van der Waals surface area contributed by atoms with Crippen molar-refractivity contribution in [3.05, 3.63) is 24.4 Å². The van der Waals surface area contributed by atoms with Crippen molar-refractivity contribution in [2.75, 3.05) is 26.6 Å². The van der Waals surface area contributed by atoms with E-state index in [1.54, 1.807) is 34.9 Å². The van der Waals surface area contributed by atoms with Gasteiger partial charge in [0.1, 0.15) is 11.6 Å². The predicted octanol–water partition coefficient (Wildman–Crippen LogP) is 10.3. The number of nitrogens with zero attached hydrogens (tertiary/aromatic N) is 1. The minimum absolute atomic E-state index is 0. The summed E-state index contributed by atoms with van der Waals surface area (Å²) in [6, 6.07) is 5.84. The summed E-state index contributed by atoms with van der Waals surface area (Å²) in [5, 5.41) is 18.4. The molecule has 0 saturated carbocycles. The number of aliphatic hydroxyl groups is 2. The van der Waals surface area contributed by atoms with E-state index in [-0.39, 0.29) is 98.4 Å². The third kappa shape index (κ3) is 14.0. The van der Waals surface area contributed by atoms with Crippen LogP contribution in [-0.2, 0) is 42.7 Å². The zero-order valence-corrected chi connectivity index (χ0v) is 42.5.